The number of phenols is 1. The minimum Gasteiger partial charge on any atom is -0.506 e. The Hall–Kier alpha value is -0.370. The normalized spacial score (nSPS) is 13.3. The van der Waals surface area contributed by atoms with Gasteiger partial charge in [-0.2, -0.15) is 0 Å². The van der Waals surface area contributed by atoms with Gasteiger partial charge in [-0.1, -0.05) is 15.9 Å². The Kier molecular flexibility index (Phi) is 7.88. The molecule has 1 unspecified atom stereocenters. The van der Waals surface area contributed by atoms with Crippen molar-refractivity contribution in [1.29, 1.82) is 0 Å². The Labute approximate surface area is 133 Å². The van der Waals surface area contributed by atoms with Gasteiger partial charge in [0.05, 0.1) is 17.1 Å². The number of benzene rings is 1. The summed E-state index contributed by atoms with van der Waals surface area (Å²) in [6, 6.07) is 1.75. The summed E-state index contributed by atoms with van der Waals surface area (Å²) in [5.41, 5.74) is 5.75. The fraction of sp³-hybridized carbons (Fsp3) is 0.364. The van der Waals surface area contributed by atoms with Gasteiger partial charge in [-0.05, 0) is 35.0 Å². The van der Waals surface area contributed by atoms with Crippen LogP contribution in [0.3, 0.4) is 0 Å². The van der Waals surface area contributed by atoms with Crippen molar-refractivity contribution in [1.82, 2.24) is 0 Å². The first kappa shape index (κ1) is 18.6. The second-order valence-electron chi connectivity index (χ2n) is 3.51. The number of hydrogen-bond donors (Lipinski definition) is 2. The number of nitrogens with two attached hydrogens (primary N) is 1. The van der Waals surface area contributed by atoms with Gasteiger partial charge in [-0.25, -0.2) is 9.18 Å². The molecule has 0 saturated heterocycles. The molecule has 1 aromatic rings. The standard InChI is InChI=1S/C11H12Br2FNO3.ClH/c1-2-18-11(17)8(14)9(15)6-3-5(12)4-7(13)10(6)16;/h3-4,8-9,16H,2,15H2,1H3;1H/t8?,9-;/m1./s1. The first-order chi connectivity index (χ1) is 8.38. The summed E-state index contributed by atoms with van der Waals surface area (Å²) in [4.78, 5) is 11.3. The average Bonchev–Trinajstić information content (AvgIpc) is 2.32. The van der Waals surface area contributed by atoms with E-state index in [-0.39, 0.29) is 30.3 Å². The summed E-state index contributed by atoms with van der Waals surface area (Å²) in [5.74, 6) is -1.24. The maximum Gasteiger partial charge on any atom is 0.342 e. The molecule has 1 rings (SSSR count). The van der Waals surface area contributed by atoms with Crippen LogP contribution in [0.5, 0.6) is 5.75 Å². The number of hydrogen-bond acceptors (Lipinski definition) is 4. The van der Waals surface area contributed by atoms with E-state index in [4.69, 9.17) is 5.73 Å². The summed E-state index contributed by atoms with van der Waals surface area (Å²) in [6.45, 7) is 1.64. The van der Waals surface area contributed by atoms with Crippen LogP contribution in [0, 0.1) is 0 Å². The van der Waals surface area contributed by atoms with Gasteiger partial charge in [0.15, 0.2) is 0 Å². The number of rotatable bonds is 4. The monoisotopic (exact) mass is 419 g/mol. The van der Waals surface area contributed by atoms with E-state index in [0.717, 1.165) is 0 Å². The van der Waals surface area contributed by atoms with Crippen molar-refractivity contribution < 1.29 is 19.0 Å². The third-order valence-corrected chi connectivity index (χ3v) is 3.31. The molecule has 0 radical (unpaired) electrons. The molecule has 1 aromatic carbocycles. The lowest BCUT2D eigenvalue weighted by Crippen LogP contribution is -2.31. The number of ether oxygens (including phenoxy) is 1. The van der Waals surface area contributed by atoms with Crippen LogP contribution in [-0.4, -0.2) is 23.9 Å². The number of esters is 1. The smallest absolute Gasteiger partial charge is 0.342 e. The highest BCUT2D eigenvalue weighted by Crippen LogP contribution is 2.36. The summed E-state index contributed by atoms with van der Waals surface area (Å²) < 4.78 is 19.3. The number of phenolic OH excluding ortho intramolecular Hbond substituents is 1. The van der Waals surface area contributed by atoms with Gasteiger partial charge in [0.25, 0.3) is 0 Å². The maximum absolute atomic E-state index is 13.8. The van der Waals surface area contributed by atoms with Gasteiger partial charge in [0, 0.05) is 10.0 Å². The largest absolute Gasteiger partial charge is 0.506 e. The molecule has 0 aliphatic rings. The van der Waals surface area contributed by atoms with Gasteiger partial charge in [-0.15, -0.1) is 12.4 Å². The highest BCUT2D eigenvalue weighted by molar-refractivity contribution is 9.11. The highest BCUT2D eigenvalue weighted by atomic mass is 79.9. The molecule has 8 heteroatoms. The zero-order chi connectivity index (χ0) is 13.9. The molecule has 0 heterocycles. The molecule has 108 valence electrons. The van der Waals surface area contributed by atoms with E-state index in [2.05, 4.69) is 36.6 Å². The minimum atomic E-state index is -2.03. The van der Waals surface area contributed by atoms with Crippen LogP contribution in [0.15, 0.2) is 21.1 Å². The fourth-order valence-electron chi connectivity index (χ4n) is 1.37. The van der Waals surface area contributed by atoms with Gasteiger partial charge in [-0.3, -0.25) is 0 Å². The van der Waals surface area contributed by atoms with Crippen LogP contribution in [0.4, 0.5) is 4.39 Å². The molecule has 0 spiro atoms. The lowest BCUT2D eigenvalue weighted by molar-refractivity contribution is -0.149. The molecule has 0 aromatic heterocycles. The first-order valence-electron chi connectivity index (χ1n) is 5.12. The highest BCUT2D eigenvalue weighted by Gasteiger charge is 2.30. The Bertz CT molecular complexity index is 462. The average molecular weight is 421 g/mol. The molecule has 0 aliphatic carbocycles. The predicted octanol–water partition coefficient (Wildman–Crippen LogP) is 3.24. The molecule has 0 bridgehead atoms. The molecule has 0 aliphatic heterocycles. The Morgan fingerprint density at radius 3 is 2.63 bits per heavy atom. The molecular weight excluding hydrogens is 408 g/mol. The van der Waals surface area contributed by atoms with Crippen LogP contribution >= 0.6 is 44.3 Å². The summed E-state index contributed by atoms with van der Waals surface area (Å²) in [6.07, 6.45) is -2.03. The van der Waals surface area contributed by atoms with Gasteiger partial charge in [0.2, 0.25) is 6.17 Å². The van der Waals surface area contributed by atoms with Crippen LogP contribution in [0.1, 0.15) is 18.5 Å². The van der Waals surface area contributed by atoms with Crippen molar-refractivity contribution in [2.24, 2.45) is 5.73 Å². The van der Waals surface area contributed by atoms with Crippen molar-refractivity contribution in [3.05, 3.63) is 26.6 Å². The van der Waals surface area contributed by atoms with Gasteiger partial charge < -0.3 is 15.6 Å². The molecule has 2 atom stereocenters. The van der Waals surface area contributed by atoms with Gasteiger partial charge >= 0.3 is 5.97 Å². The van der Waals surface area contributed by atoms with Crippen LogP contribution in [-0.2, 0) is 9.53 Å². The molecule has 0 saturated carbocycles. The zero-order valence-corrected chi connectivity index (χ0v) is 13.9. The van der Waals surface area contributed by atoms with E-state index in [0.29, 0.717) is 8.95 Å². The molecular formula is C11H13Br2ClFNO3. The van der Waals surface area contributed by atoms with Crippen molar-refractivity contribution in [3.8, 4) is 5.75 Å². The third-order valence-electron chi connectivity index (χ3n) is 2.24. The van der Waals surface area contributed by atoms with Crippen LogP contribution < -0.4 is 5.73 Å². The van der Waals surface area contributed by atoms with Crippen molar-refractivity contribution in [2.45, 2.75) is 19.1 Å². The molecule has 19 heavy (non-hydrogen) atoms. The number of halogens is 4. The van der Waals surface area contributed by atoms with E-state index >= 15 is 0 Å². The molecule has 0 amide bonds. The molecule has 0 fully saturated rings. The number of carbonyl (C=O) groups is 1. The Morgan fingerprint density at radius 1 is 1.53 bits per heavy atom. The first-order valence-corrected chi connectivity index (χ1v) is 6.71. The summed E-state index contributed by atoms with van der Waals surface area (Å²) >= 11 is 6.30. The van der Waals surface area contributed by atoms with Crippen molar-refractivity contribution in [2.75, 3.05) is 6.61 Å². The maximum atomic E-state index is 13.8. The van der Waals surface area contributed by atoms with E-state index in [9.17, 15) is 14.3 Å². The SMILES string of the molecule is CCOC(=O)C(F)[C@H](N)c1cc(Br)cc(Br)c1O.Cl. The Morgan fingerprint density at radius 2 is 2.11 bits per heavy atom. The van der Waals surface area contributed by atoms with Crippen molar-refractivity contribution in [3.63, 3.8) is 0 Å². The number of carbonyl (C=O) groups excluding carboxylic acids is 1. The predicted molar refractivity (Wildman–Crippen MR) is 79.2 cm³/mol. The fourth-order valence-corrected chi connectivity index (χ4v) is 2.62. The summed E-state index contributed by atoms with van der Waals surface area (Å²) in [7, 11) is 0. The minimum absolute atomic E-state index is 0. The zero-order valence-electron chi connectivity index (χ0n) is 9.90. The van der Waals surface area contributed by atoms with Crippen LogP contribution in [0.2, 0.25) is 0 Å². The topological polar surface area (TPSA) is 72.5 Å². The second-order valence-corrected chi connectivity index (χ2v) is 5.28. The third kappa shape index (κ3) is 4.59. The molecule has 4 nitrogen and oxygen atoms in total. The van der Waals surface area contributed by atoms with Gasteiger partial charge in [0.1, 0.15) is 5.75 Å². The quantitative estimate of drug-likeness (QED) is 0.733. The second kappa shape index (κ2) is 8.04. The lowest BCUT2D eigenvalue weighted by atomic mass is 10.0. The van der Waals surface area contributed by atoms with E-state index in [1.54, 1.807) is 13.0 Å². The van der Waals surface area contributed by atoms with E-state index in [1.807, 2.05) is 0 Å². The van der Waals surface area contributed by atoms with Crippen LogP contribution in [0.25, 0.3) is 0 Å². The number of alkyl halides is 1. The van der Waals surface area contributed by atoms with E-state index < -0.39 is 18.2 Å². The van der Waals surface area contributed by atoms with Crippen molar-refractivity contribution >= 4 is 50.2 Å². The summed E-state index contributed by atoms with van der Waals surface area (Å²) in [5, 5.41) is 9.79. The Balaban J connectivity index is 0.00000324. The lowest BCUT2D eigenvalue weighted by Gasteiger charge is -2.18. The van der Waals surface area contributed by atoms with E-state index in [1.165, 1.54) is 6.07 Å². The number of aromatic hydroxyl groups is 1. The molecule has 3 N–H and O–H groups in total.